The number of nitrogens with two attached hydrogens (primary N) is 1. The van der Waals surface area contributed by atoms with Gasteiger partial charge in [-0.25, -0.2) is 0 Å². The smallest absolute Gasteiger partial charge is 0.239 e. The van der Waals surface area contributed by atoms with Crippen LogP contribution in [0.15, 0.2) is 18.2 Å². The molecule has 19 heavy (non-hydrogen) atoms. The lowest BCUT2D eigenvalue weighted by Crippen LogP contribution is -2.46. The standard InChI is InChI=1S/C13H18N2O4/c1-8(15-13(17)10(14)6-16)4-9-2-3-11-12(5-9)19-7-18-11/h2-3,5,8,10,16H,4,6-7,14H2,1H3,(H,15,17). The molecule has 1 amide bonds. The van der Waals surface area contributed by atoms with Crippen LogP contribution in [-0.2, 0) is 11.2 Å². The van der Waals surface area contributed by atoms with E-state index in [-0.39, 0.29) is 25.3 Å². The average Bonchev–Trinajstić information content (AvgIpc) is 2.84. The van der Waals surface area contributed by atoms with Crippen LogP contribution in [0.5, 0.6) is 11.5 Å². The number of amides is 1. The fraction of sp³-hybridized carbons (Fsp3) is 0.462. The summed E-state index contributed by atoms with van der Waals surface area (Å²) < 4.78 is 10.5. The van der Waals surface area contributed by atoms with E-state index in [0.717, 1.165) is 17.1 Å². The summed E-state index contributed by atoms with van der Waals surface area (Å²) in [6.07, 6.45) is 0.653. The third-order valence-electron chi connectivity index (χ3n) is 2.90. The van der Waals surface area contributed by atoms with E-state index >= 15 is 0 Å². The minimum absolute atomic E-state index is 0.0783. The topological polar surface area (TPSA) is 93.8 Å². The van der Waals surface area contributed by atoms with Crippen molar-refractivity contribution in [1.82, 2.24) is 5.32 Å². The van der Waals surface area contributed by atoms with Crippen molar-refractivity contribution in [2.75, 3.05) is 13.4 Å². The van der Waals surface area contributed by atoms with E-state index in [0.29, 0.717) is 6.42 Å². The van der Waals surface area contributed by atoms with Gasteiger partial charge in [-0.2, -0.15) is 0 Å². The third-order valence-corrected chi connectivity index (χ3v) is 2.90. The molecular weight excluding hydrogens is 248 g/mol. The highest BCUT2D eigenvalue weighted by Crippen LogP contribution is 2.32. The van der Waals surface area contributed by atoms with Gasteiger partial charge in [0.05, 0.1) is 6.61 Å². The van der Waals surface area contributed by atoms with Crippen LogP contribution in [0.25, 0.3) is 0 Å². The van der Waals surface area contributed by atoms with Gasteiger partial charge in [0, 0.05) is 6.04 Å². The average molecular weight is 266 g/mol. The SMILES string of the molecule is CC(Cc1ccc2c(c1)OCO2)NC(=O)C(N)CO. The van der Waals surface area contributed by atoms with Gasteiger partial charge in [0.25, 0.3) is 0 Å². The second-order valence-electron chi connectivity index (χ2n) is 4.59. The first-order chi connectivity index (χ1) is 9.10. The Labute approximate surface area is 111 Å². The molecule has 0 spiro atoms. The summed E-state index contributed by atoms with van der Waals surface area (Å²) in [5.74, 6) is 1.11. The Balaban J connectivity index is 1.92. The first-order valence-electron chi connectivity index (χ1n) is 6.15. The first kappa shape index (κ1) is 13.6. The summed E-state index contributed by atoms with van der Waals surface area (Å²) in [5.41, 5.74) is 6.47. The van der Waals surface area contributed by atoms with Gasteiger partial charge in [0.1, 0.15) is 6.04 Å². The van der Waals surface area contributed by atoms with E-state index in [9.17, 15) is 4.79 Å². The van der Waals surface area contributed by atoms with Gasteiger partial charge in [-0.15, -0.1) is 0 Å². The summed E-state index contributed by atoms with van der Waals surface area (Å²) in [7, 11) is 0. The normalized spacial score (nSPS) is 15.9. The van der Waals surface area contributed by atoms with E-state index in [4.69, 9.17) is 20.3 Å². The highest BCUT2D eigenvalue weighted by Gasteiger charge is 2.17. The van der Waals surface area contributed by atoms with Crippen molar-refractivity contribution in [2.24, 2.45) is 5.73 Å². The number of aliphatic hydroxyl groups is 1. The van der Waals surface area contributed by atoms with Crippen molar-refractivity contribution < 1.29 is 19.4 Å². The molecule has 1 aromatic carbocycles. The van der Waals surface area contributed by atoms with Crippen LogP contribution in [0, 0.1) is 0 Å². The monoisotopic (exact) mass is 266 g/mol. The Morgan fingerprint density at radius 3 is 2.95 bits per heavy atom. The number of hydrogen-bond donors (Lipinski definition) is 3. The van der Waals surface area contributed by atoms with Crippen LogP contribution in [0.1, 0.15) is 12.5 Å². The molecule has 2 unspecified atom stereocenters. The summed E-state index contributed by atoms with van der Waals surface area (Å²) in [5, 5.41) is 11.5. The number of benzene rings is 1. The van der Waals surface area contributed by atoms with Crippen molar-refractivity contribution in [2.45, 2.75) is 25.4 Å². The summed E-state index contributed by atoms with van der Waals surface area (Å²) >= 11 is 0. The molecule has 0 fully saturated rings. The molecule has 2 atom stereocenters. The number of fused-ring (bicyclic) bond motifs is 1. The Morgan fingerprint density at radius 1 is 1.47 bits per heavy atom. The number of rotatable bonds is 5. The van der Waals surface area contributed by atoms with Crippen LogP contribution in [-0.4, -0.2) is 36.5 Å². The van der Waals surface area contributed by atoms with Crippen molar-refractivity contribution >= 4 is 5.91 Å². The van der Waals surface area contributed by atoms with Crippen molar-refractivity contribution in [3.8, 4) is 11.5 Å². The molecule has 0 bridgehead atoms. The van der Waals surface area contributed by atoms with Gasteiger partial charge < -0.3 is 25.6 Å². The zero-order valence-corrected chi connectivity index (χ0v) is 10.8. The van der Waals surface area contributed by atoms with E-state index < -0.39 is 6.04 Å². The Hall–Kier alpha value is -1.79. The van der Waals surface area contributed by atoms with Crippen molar-refractivity contribution in [3.63, 3.8) is 0 Å². The van der Waals surface area contributed by atoms with Crippen LogP contribution < -0.4 is 20.5 Å². The molecule has 6 heteroatoms. The summed E-state index contributed by atoms with van der Waals surface area (Å²) in [6.45, 7) is 1.77. The maximum atomic E-state index is 11.5. The number of ether oxygens (including phenoxy) is 2. The van der Waals surface area contributed by atoms with Gasteiger partial charge in [0.2, 0.25) is 12.7 Å². The minimum atomic E-state index is -0.876. The lowest BCUT2D eigenvalue weighted by Gasteiger charge is -2.16. The Morgan fingerprint density at radius 2 is 2.21 bits per heavy atom. The number of aliphatic hydroxyl groups excluding tert-OH is 1. The number of carbonyl (C=O) groups excluding carboxylic acids is 1. The number of nitrogens with one attached hydrogen (secondary N) is 1. The Bertz CT molecular complexity index is 464. The van der Waals surface area contributed by atoms with Gasteiger partial charge in [0.15, 0.2) is 11.5 Å². The van der Waals surface area contributed by atoms with Gasteiger partial charge in [-0.05, 0) is 31.0 Å². The van der Waals surface area contributed by atoms with Gasteiger partial charge >= 0.3 is 0 Å². The first-order valence-corrected chi connectivity index (χ1v) is 6.15. The molecule has 1 aliphatic rings. The van der Waals surface area contributed by atoms with Gasteiger partial charge in [-0.1, -0.05) is 6.07 Å². The second kappa shape index (κ2) is 5.90. The molecule has 1 aliphatic heterocycles. The van der Waals surface area contributed by atoms with Crippen molar-refractivity contribution in [1.29, 1.82) is 0 Å². The highest BCUT2D eigenvalue weighted by atomic mass is 16.7. The van der Waals surface area contributed by atoms with E-state index in [1.54, 1.807) is 0 Å². The zero-order valence-electron chi connectivity index (χ0n) is 10.8. The molecule has 1 aromatic rings. The molecule has 0 saturated heterocycles. The van der Waals surface area contributed by atoms with Crippen LogP contribution >= 0.6 is 0 Å². The van der Waals surface area contributed by atoms with Crippen LogP contribution in [0.3, 0.4) is 0 Å². The molecule has 4 N–H and O–H groups in total. The van der Waals surface area contributed by atoms with Crippen LogP contribution in [0.2, 0.25) is 0 Å². The zero-order chi connectivity index (χ0) is 13.8. The molecule has 0 radical (unpaired) electrons. The highest BCUT2D eigenvalue weighted by molar-refractivity contribution is 5.81. The molecule has 6 nitrogen and oxygen atoms in total. The second-order valence-corrected chi connectivity index (χ2v) is 4.59. The molecule has 0 saturated carbocycles. The van der Waals surface area contributed by atoms with E-state index in [1.165, 1.54) is 0 Å². The fourth-order valence-electron chi connectivity index (χ4n) is 1.91. The van der Waals surface area contributed by atoms with E-state index in [1.807, 2.05) is 25.1 Å². The molecule has 2 rings (SSSR count). The number of hydrogen-bond acceptors (Lipinski definition) is 5. The lowest BCUT2D eigenvalue weighted by molar-refractivity contribution is -0.123. The van der Waals surface area contributed by atoms with E-state index in [2.05, 4.69) is 5.32 Å². The van der Waals surface area contributed by atoms with Crippen molar-refractivity contribution in [3.05, 3.63) is 23.8 Å². The quantitative estimate of drug-likeness (QED) is 0.685. The summed E-state index contributed by atoms with van der Waals surface area (Å²) in [4.78, 5) is 11.5. The largest absolute Gasteiger partial charge is 0.454 e. The van der Waals surface area contributed by atoms with Gasteiger partial charge in [-0.3, -0.25) is 4.79 Å². The summed E-state index contributed by atoms with van der Waals surface area (Å²) in [6, 6.07) is 4.73. The fourth-order valence-corrected chi connectivity index (χ4v) is 1.91. The minimum Gasteiger partial charge on any atom is -0.454 e. The Kier molecular flexibility index (Phi) is 4.24. The maximum Gasteiger partial charge on any atom is 0.239 e. The number of carbonyl (C=O) groups is 1. The lowest BCUT2D eigenvalue weighted by atomic mass is 10.1. The predicted octanol–water partition coefficient (Wildman–Crippen LogP) is -0.218. The molecular formula is C13H18N2O4. The molecule has 0 aromatic heterocycles. The third kappa shape index (κ3) is 3.36. The van der Waals surface area contributed by atoms with Crippen LogP contribution in [0.4, 0.5) is 0 Å². The molecule has 1 heterocycles. The predicted molar refractivity (Wildman–Crippen MR) is 68.9 cm³/mol. The maximum absolute atomic E-state index is 11.5. The molecule has 0 aliphatic carbocycles. The molecule has 104 valence electrons.